The SMILES string of the molecule is C=CC(NCC)c1ncc(C)cc1C. The number of hydrogen-bond donors (Lipinski definition) is 1. The number of hydrogen-bond acceptors (Lipinski definition) is 2. The van der Waals surface area contributed by atoms with E-state index >= 15 is 0 Å². The van der Waals surface area contributed by atoms with Gasteiger partial charge in [-0.05, 0) is 31.5 Å². The Morgan fingerprint density at radius 1 is 1.57 bits per heavy atom. The molecule has 1 N–H and O–H groups in total. The van der Waals surface area contributed by atoms with Crippen LogP contribution in [0.5, 0.6) is 0 Å². The lowest BCUT2D eigenvalue weighted by molar-refractivity contribution is 0.629. The molecule has 0 amide bonds. The zero-order valence-corrected chi connectivity index (χ0v) is 9.17. The lowest BCUT2D eigenvalue weighted by Crippen LogP contribution is -2.20. The minimum Gasteiger partial charge on any atom is -0.306 e. The van der Waals surface area contributed by atoms with Crippen molar-refractivity contribution in [3.8, 4) is 0 Å². The maximum absolute atomic E-state index is 4.43. The first-order valence-corrected chi connectivity index (χ1v) is 4.98. The second-order valence-electron chi connectivity index (χ2n) is 3.49. The van der Waals surface area contributed by atoms with Crippen molar-refractivity contribution in [1.82, 2.24) is 10.3 Å². The molecule has 0 aromatic carbocycles. The molecule has 1 atom stereocenters. The van der Waals surface area contributed by atoms with E-state index in [-0.39, 0.29) is 6.04 Å². The van der Waals surface area contributed by atoms with E-state index in [4.69, 9.17) is 0 Å². The molecular weight excluding hydrogens is 172 g/mol. The van der Waals surface area contributed by atoms with Gasteiger partial charge in [-0.1, -0.05) is 19.1 Å². The Hall–Kier alpha value is -1.15. The minimum absolute atomic E-state index is 0.167. The van der Waals surface area contributed by atoms with Gasteiger partial charge in [-0.2, -0.15) is 0 Å². The quantitative estimate of drug-likeness (QED) is 0.738. The number of pyridine rings is 1. The normalized spacial score (nSPS) is 12.5. The van der Waals surface area contributed by atoms with Gasteiger partial charge in [0.25, 0.3) is 0 Å². The first-order valence-electron chi connectivity index (χ1n) is 4.98. The molecule has 0 aliphatic rings. The molecule has 0 saturated carbocycles. The van der Waals surface area contributed by atoms with Gasteiger partial charge >= 0.3 is 0 Å². The van der Waals surface area contributed by atoms with E-state index < -0.39 is 0 Å². The summed E-state index contributed by atoms with van der Waals surface area (Å²) in [6.45, 7) is 11.0. The van der Waals surface area contributed by atoms with Crippen LogP contribution < -0.4 is 5.32 Å². The fourth-order valence-electron chi connectivity index (χ4n) is 1.56. The molecule has 2 nitrogen and oxygen atoms in total. The van der Waals surface area contributed by atoms with Crippen LogP contribution in [0.15, 0.2) is 24.9 Å². The Bertz CT molecular complexity index is 318. The molecule has 0 spiro atoms. The molecule has 2 heteroatoms. The summed E-state index contributed by atoms with van der Waals surface area (Å²) in [6.07, 6.45) is 3.80. The highest BCUT2D eigenvalue weighted by Gasteiger charge is 2.09. The van der Waals surface area contributed by atoms with Crippen LogP contribution in [-0.4, -0.2) is 11.5 Å². The van der Waals surface area contributed by atoms with Crippen LogP contribution in [-0.2, 0) is 0 Å². The predicted molar refractivity (Wildman–Crippen MR) is 60.3 cm³/mol. The Labute approximate surface area is 86.1 Å². The number of aryl methyl sites for hydroxylation is 2. The Morgan fingerprint density at radius 3 is 2.79 bits per heavy atom. The van der Waals surface area contributed by atoms with Crippen LogP contribution in [0.4, 0.5) is 0 Å². The fourth-order valence-corrected chi connectivity index (χ4v) is 1.56. The maximum Gasteiger partial charge on any atom is 0.0681 e. The summed E-state index contributed by atoms with van der Waals surface area (Å²) in [5, 5.41) is 3.33. The summed E-state index contributed by atoms with van der Waals surface area (Å²) in [7, 11) is 0. The van der Waals surface area contributed by atoms with Gasteiger partial charge in [0.15, 0.2) is 0 Å². The van der Waals surface area contributed by atoms with Crippen LogP contribution in [0.25, 0.3) is 0 Å². The van der Waals surface area contributed by atoms with Crippen LogP contribution in [0.2, 0.25) is 0 Å². The van der Waals surface area contributed by atoms with Crippen molar-refractivity contribution in [2.24, 2.45) is 0 Å². The lowest BCUT2D eigenvalue weighted by atomic mass is 10.1. The van der Waals surface area contributed by atoms with Crippen molar-refractivity contribution in [2.45, 2.75) is 26.8 Å². The average Bonchev–Trinajstić information content (AvgIpc) is 2.15. The second-order valence-corrected chi connectivity index (χ2v) is 3.49. The topological polar surface area (TPSA) is 24.9 Å². The van der Waals surface area contributed by atoms with Gasteiger partial charge < -0.3 is 5.32 Å². The largest absolute Gasteiger partial charge is 0.306 e. The van der Waals surface area contributed by atoms with Gasteiger partial charge in [0.1, 0.15) is 0 Å². The number of likely N-dealkylation sites (N-methyl/N-ethyl adjacent to an activating group) is 1. The molecule has 14 heavy (non-hydrogen) atoms. The third-order valence-corrected chi connectivity index (χ3v) is 2.21. The lowest BCUT2D eigenvalue weighted by Gasteiger charge is -2.15. The van der Waals surface area contributed by atoms with E-state index in [0.29, 0.717) is 0 Å². The van der Waals surface area contributed by atoms with Gasteiger partial charge in [-0.25, -0.2) is 0 Å². The van der Waals surface area contributed by atoms with Crippen LogP contribution in [0.1, 0.15) is 29.8 Å². The van der Waals surface area contributed by atoms with Crippen molar-refractivity contribution in [1.29, 1.82) is 0 Å². The highest BCUT2D eigenvalue weighted by molar-refractivity contribution is 5.27. The van der Waals surface area contributed by atoms with E-state index in [1.807, 2.05) is 12.3 Å². The highest BCUT2D eigenvalue weighted by atomic mass is 14.9. The van der Waals surface area contributed by atoms with E-state index in [0.717, 1.165) is 12.2 Å². The summed E-state index contributed by atoms with van der Waals surface area (Å²) in [5.74, 6) is 0. The minimum atomic E-state index is 0.167. The molecule has 1 aromatic heterocycles. The molecule has 1 heterocycles. The highest BCUT2D eigenvalue weighted by Crippen LogP contribution is 2.16. The molecule has 0 fully saturated rings. The first kappa shape index (κ1) is 10.9. The molecule has 0 bridgehead atoms. The molecule has 0 aliphatic carbocycles. The third-order valence-electron chi connectivity index (χ3n) is 2.21. The summed E-state index contributed by atoms with van der Waals surface area (Å²) in [4.78, 5) is 4.43. The summed E-state index contributed by atoms with van der Waals surface area (Å²) in [6, 6.07) is 2.32. The van der Waals surface area contributed by atoms with Crippen LogP contribution in [0, 0.1) is 13.8 Å². The number of aromatic nitrogens is 1. The summed E-state index contributed by atoms with van der Waals surface area (Å²) in [5.41, 5.74) is 3.49. The van der Waals surface area contributed by atoms with E-state index in [1.54, 1.807) is 0 Å². The Kier molecular flexibility index (Phi) is 3.84. The molecule has 1 rings (SSSR count). The van der Waals surface area contributed by atoms with E-state index in [2.05, 4.69) is 43.7 Å². The zero-order chi connectivity index (χ0) is 10.6. The zero-order valence-electron chi connectivity index (χ0n) is 9.17. The molecule has 0 aliphatic heterocycles. The van der Waals surface area contributed by atoms with Crippen LogP contribution in [0.3, 0.4) is 0 Å². The smallest absolute Gasteiger partial charge is 0.0681 e. The van der Waals surface area contributed by atoms with Crippen molar-refractivity contribution >= 4 is 0 Å². The van der Waals surface area contributed by atoms with E-state index in [9.17, 15) is 0 Å². The third kappa shape index (κ3) is 2.42. The number of nitrogens with zero attached hydrogens (tertiary/aromatic N) is 1. The number of rotatable bonds is 4. The van der Waals surface area contributed by atoms with Gasteiger partial charge in [0.2, 0.25) is 0 Å². The van der Waals surface area contributed by atoms with Gasteiger partial charge in [-0.15, -0.1) is 6.58 Å². The molecule has 0 radical (unpaired) electrons. The fraction of sp³-hybridized carbons (Fsp3) is 0.417. The molecule has 1 aromatic rings. The molecule has 1 unspecified atom stereocenters. The maximum atomic E-state index is 4.43. The summed E-state index contributed by atoms with van der Waals surface area (Å²) >= 11 is 0. The standard InChI is InChI=1S/C12H18N2/c1-5-11(13-6-2)12-10(4)7-9(3)8-14-12/h5,7-8,11,13H,1,6H2,2-4H3. The van der Waals surface area contributed by atoms with Gasteiger partial charge in [0.05, 0.1) is 11.7 Å². The number of nitrogens with one attached hydrogen (secondary N) is 1. The average molecular weight is 190 g/mol. The van der Waals surface area contributed by atoms with Gasteiger partial charge in [0, 0.05) is 6.20 Å². The second kappa shape index (κ2) is 4.91. The monoisotopic (exact) mass is 190 g/mol. The Morgan fingerprint density at radius 2 is 2.29 bits per heavy atom. The Balaban J connectivity index is 2.98. The summed E-state index contributed by atoms with van der Waals surface area (Å²) < 4.78 is 0. The molecule has 76 valence electrons. The predicted octanol–water partition coefficient (Wildman–Crippen LogP) is 2.54. The van der Waals surface area contributed by atoms with Crippen LogP contribution >= 0.6 is 0 Å². The van der Waals surface area contributed by atoms with Crippen molar-refractivity contribution in [3.05, 3.63) is 41.7 Å². The van der Waals surface area contributed by atoms with Crippen molar-refractivity contribution < 1.29 is 0 Å². The van der Waals surface area contributed by atoms with Crippen molar-refractivity contribution in [3.63, 3.8) is 0 Å². The van der Waals surface area contributed by atoms with Gasteiger partial charge in [-0.3, -0.25) is 4.98 Å². The van der Waals surface area contributed by atoms with Crippen molar-refractivity contribution in [2.75, 3.05) is 6.54 Å². The molecule has 0 saturated heterocycles. The first-order chi connectivity index (χ1) is 6.69. The van der Waals surface area contributed by atoms with E-state index in [1.165, 1.54) is 11.1 Å². The molecular formula is C12H18N2.